The van der Waals surface area contributed by atoms with Crippen molar-refractivity contribution in [2.75, 3.05) is 26.2 Å². The van der Waals surface area contributed by atoms with Crippen molar-refractivity contribution in [3.05, 3.63) is 35.8 Å². The van der Waals surface area contributed by atoms with E-state index in [0.717, 1.165) is 12.2 Å². The third-order valence-corrected chi connectivity index (χ3v) is 5.36. The summed E-state index contributed by atoms with van der Waals surface area (Å²) in [5.74, 6) is 0. The number of nitrogens with one attached hydrogen (secondary N) is 1. The molecule has 0 radical (unpaired) electrons. The summed E-state index contributed by atoms with van der Waals surface area (Å²) in [5.41, 5.74) is 4.26. The molecule has 21 heavy (non-hydrogen) atoms. The lowest BCUT2D eigenvalue weighted by Gasteiger charge is -2.33. The molecule has 0 aliphatic carbocycles. The highest BCUT2D eigenvalue weighted by molar-refractivity contribution is 5.42. The van der Waals surface area contributed by atoms with Gasteiger partial charge in [-0.15, -0.1) is 0 Å². The van der Waals surface area contributed by atoms with E-state index in [1.807, 2.05) is 0 Å². The summed E-state index contributed by atoms with van der Waals surface area (Å²) in [6.07, 6.45) is 6.10. The highest BCUT2D eigenvalue weighted by atomic mass is 15.2. The van der Waals surface area contributed by atoms with Gasteiger partial charge in [-0.1, -0.05) is 6.07 Å². The molecule has 2 fully saturated rings. The molecule has 0 amide bonds. The first-order valence-corrected chi connectivity index (χ1v) is 8.11. The lowest BCUT2D eigenvalue weighted by atomic mass is 9.78. The third-order valence-electron chi connectivity index (χ3n) is 5.36. The molecule has 2 aliphatic heterocycles. The molecule has 4 heterocycles. The van der Waals surface area contributed by atoms with Crippen LogP contribution in [-0.4, -0.2) is 40.5 Å². The maximum Gasteiger partial charge on any atom is 0.137 e. The number of fused-ring (bicyclic) bond motifs is 1. The zero-order valence-corrected chi connectivity index (χ0v) is 12.8. The predicted molar refractivity (Wildman–Crippen MR) is 84.4 cm³/mol. The topological polar surface area (TPSA) is 32.6 Å². The van der Waals surface area contributed by atoms with Crippen molar-refractivity contribution in [1.29, 1.82) is 0 Å². The second-order valence-electron chi connectivity index (χ2n) is 6.82. The number of hydrogen-bond donors (Lipinski definition) is 1. The summed E-state index contributed by atoms with van der Waals surface area (Å²) in [7, 11) is 0. The molecule has 0 saturated carbocycles. The fourth-order valence-corrected chi connectivity index (χ4v) is 4.14. The highest BCUT2D eigenvalue weighted by Crippen LogP contribution is 2.39. The Hall–Kier alpha value is -1.39. The van der Waals surface area contributed by atoms with E-state index < -0.39 is 0 Å². The van der Waals surface area contributed by atoms with Crippen LogP contribution in [-0.2, 0) is 6.54 Å². The number of aromatic nitrogens is 2. The number of hydrogen-bond acceptors (Lipinski definition) is 3. The summed E-state index contributed by atoms with van der Waals surface area (Å²) >= 11 is 0. The highest BCUT2D eigenvalue weighted by Gasteiger charge is 2.38. The monoisotopic (exact) mass is 284 g/mol. The Morgan fingerprint density at radius 1 is 1.24 bits per heavy atom. The summed E-state index contributed by atoms with van der Waals surface area (Å²) in [4.78, 5) is 7.18. The number of likely N-dealkylation sites (tertiary alicyclic amines) is 1. The molecule has 0 bridgehead atoms. The van der Waals surface area contributed by atoms with Crippen molar-refractivity contribution in [2.45, 2.75) is 32.7 Å². The largest absolute Gasteiger partial charge is 0.317 e. The average Bonchev–Trinajstić information content (AvgIpc) is 3.07. The quantitative estimate of drug-likeness (QED) is 0.918. The molecule has 2 aromatic heterocycles. The van der Waals surface area contributed by atoms with Crippen molar-refractivity contribution in [3.63, 3.8) is 0 Å². The van der Waals surface area contributed by atoms with E-state index in [1.165, 1.54) is 56.8 Å². The molecule has 112 valence electrons. The van der Waals surface area contributed by atoms with Crippen molar-refractivity contribution in [3.8, 4) is 0 Å². The van der Waals surface area contributed by atoms with Crippen LogP contribution in [0, 0.1) is 12.3 Å². The van der Waals surface area contributed by atoms with Gasteiger partial charge in [0.2, 0.25) is 0 Å². The standard InChI is InChI=1S/C17H24N4/c1-14-3-2-4-16-19-11-15(21(14)16)12-20-10-7-17(13-20)5-8-18-9-6-17/h2-4,11,18H,5-10,12-13H2,1H3. The Morgan fingerprint density at radius 3 is 2.95 bits per heavy atom. The van der Waals surface area contributed by atoms with Gasteiger partial charge in [0.1, 0.15) is 5.65 Å². The van der Waals surface area contributed by atoms with Gasteiger partial charge in [-0.25, -0.2) is 4.98 Å². The minimum atomic E-state index is 0.584. The van der Waals surface area contributed by atoms with Gasteiger partial charge in [0, 0.05) is 18.8 Å². The van der Waals surface area contributed by atoms with Gasteiger partial charge in [-0.3, -0.25) is 4.90 Å². The van der Waals surface area contributed by atoms with Crippen LogP contribution >= 0.6 is 0 Å². The van der Waals surface area contributed by atoms with Gasteiger partial charge in [-0.05, 0) is 63.4 Å². The minimum Gasteiger partial charge on any atom is -0.317 e. The molecule has 2 aromatic rings. The third kappa shape index (κ3) is 2.36. The molecule has 2 aliphatic rings. The van der Waals surface area contributed by atoms with Gasteiger partial charge in [0.15, 0.2) is 0 Å². The van der Waals surface area contributed by atoms with Crippen LogP contribution in [0.3, 0.4) is 0 Å². The molecule has 4 rings (SSSR count). The van der Waals surface area contributed by atoms with Crippen LogP contribution in [0.4, 0.5) is 0 Å². The molecule has 0 unspecified atom stereocenters. The first kappa shape index (κ1) is 13.3. The van der Waals surface area contributed by atoms with Gasteiger partial charge in [-0.2, -0.15) is 0 Å². The van der Waals surface area contributed by atoms with E-state index in [-0.39, 0.29) is 0 Å². The number of pyridine rings is 1. The molecule has 1 spiro atoms. The first-order chi connectivity index (χ1) is 10.3. The number of imidazole rings is 1. The fourth-order valence-electron chi connectivity index (χ4n) is 4.14. The van der Waals surface area contributed by atoms with E-state index in [4.69, 9.17) is 0 Å². The lowest BCUT2D eigenvalue weighted by molar-refractivity contribution is 0.193. The summed E-state index contributed by atoms with van der Waals surface area (Å²) in [6.45, 7) is 8.08. The number of nitrogens with zero attached hydrogens (tertiary/aromatic N) is 3. The average molecular weight is 284 g/mol. The second-order valence-corrected chi connectivity index (χ2v) is 6.82. The molecule has 1 N–H and O–H groups in total. The van der Waals surface area contributed by atoms with Crippen LogP contribution in [0.15, 0.2) is 24.4 Å². The molecule has 4 nitrogen and oxygen atoms in total. The SMILES string of the molecule is Cc1cccc2ncc(CN3CCC4(CCNCC4)C3)n12. The normalized spacial score (nSPS) is 22.3. The molecule has 4 heteroatoms. The van der Waals surface area contributed by atoms with Crippen LogP contribution in [0.2, 0.25) is 0 Å². The Kier molecular flexibility index (Phi) is 3.23. The Morgan fingerprint density at radius 2 is 2.10 bits per heavy atom. The first-order valence-electron chi connectivity index (χ1n) is 8.11. The van der Waals surface area contributed by atoms with Gasteiger partial charge >= 0.3 is 0 Å². The number of piperidine rings is 1. The van der Waals surface area contributed by atoms with E-state index >= 15 is 0 Å². The van der Waals surface area contributed by atoms with Gasteiger partial charge < -0.3 is 9.72 Å². The lowest BCUT2D eigenvalue weighted by Crippen LogP contribution is -2.38. The summed E-state index contributed by atoms with van der Waals surface area (Å²) in [5, 5.41) is 3.50. The zero-order chi connectivity index (χ0) is 14.3. The maximum atomic E-state index is 4.55. The van der Waals surface area contributed by atoms with Gasteiger partial charge in [0.25, 0.3) is 0 Å². The Balaban J connectivity index is 1.53. The van der Waals surface area contributed by atoms with Crippen LogP contribution in [0.1, 0.15) is 30.7 Å². The van der Waals surface area contributed by atoms with E-state index in [2.05, 4.69) is 50.9 Å². The van der Waals surface area contributed by atoms with Crippen LogP contribution < -0.4 is 5.32 Å². The van der Waals surface area contributed by atoms with Gasteiger partial charge in [0.05, 0.1) is 11.9 Å². The zero-order valence-electron chi connectivity index (χ0n) is 12.8. The molecular formula is C17H24N4. The van der Waals surface area contributed by atoms with Crippen molar-refractivity contribution >= 4 is 5.65 Å². The molecule has 0 atom stereocenters. The van der Waals surface area contributed by atoms with Crippen molar-refractivity contribution in [1.82, 2.24) is 19.6 Å². The fraction of sp³-hybridized carbons (Fsp3) is 0.588. The molecule has 2 saturated heterocycles. The molecule has 0 aromatic carbocycles. The van der Waals surface area contributed by atoms with Crippen molar-refractivity contribution < 1.29 is 0 Å². The van der Waals surface area contributed by atoms with Crippen molar-refractivity contribution in [2.24, 2.45) is 5.41 Å². The van der Waals surface area contributed by atoms with E-state index in [0.29, 0.717) is 5.41 Å². The smallest absolute Gasteiger partial charge is 0.137 e. The number of rotatable bonds is 2. The summed E-state index contributed by atoms with van der Waals surface area (Å²) < 4.78 is 2.30. The Labute approximate surface area is 126 Å². The van der Waals surface area contributed by atoms with E-state index in [9.17, 15) is 0 Å². The second kappa shape index (κ2) is 5.11. The molecular weight excluding hydrogens is 260 g/mol. The summed E-state index contributed by atoms with van der Waals surface area (Å²) in [6, 6.07) is 6.34. The minimum absolute atomic E-state index is 0.584. The predicted octanol–water partition coefficient (Wildman–Crippen LogP) is 2.22. The number of aryl methyl sites for hydroxylation is 1. The Bertz CT molecular complexity index is 639. The maximum absolute atomic E-state index is 4.55. The van der Waals surface area contributed by atoms with Crippen LogP contribution in [0.5, 0.6) is 0 Å². The van der Waals surface area contributed by atoms with Crippen LogP contribution in [0.25, 0.3) is 5.65 Å². The van der Waals surface area contributed by atoms with E-state index in [1.54, 1.807) is 0 Å².